The van der Waals surface area contributed by atoms with Crippen molar-refractivity contribution in [1.82, 2.24) is 0 Å². The van der Waals surface area contributed by atoms with Crippen molar-refractivity contribution in [2.75, 3.05) is 13.7 Å². The maximum atomic E-state index is 9.94. The van der Waals surface area contributed by atoms with E-state index in [1.165, 1.54) is 5.56 Å². The fourth-order valence-corrected chi connectivity index (χ4v) is 2.49. The van der Waals surface area contributed by atoms with Crippen molar-refractivity contribution in [1.29, 1.82) is 0 Å². The fourth-order valence-electron chi connectivity index (χ4n) is 2.49. The lowest BCUT2D eigenvalue weighted by molar-refractivity contribution is -0.437. The molecule has 0 bridgehead atoms. The largest absolute Gasteiger partial charge is 1.00 e. The van der Waals surface area contributed by atoms with E-state index in [0.717, 1.165) is 30.0 Å². The average molecular weight is 334 g/mol. The lowest BCUT2D eigenvalue weighted by atomic mass is 10.0. The average Bonchev–Trinajstić information content (AvgIpc) is 2.46. The predicted molar refractivity (Wildman–Crippen MR) is 74.8 cm³/mol. The van der Waals surface area contributed by atoms with Crippen molar-refractivity contribution in [2.45, 2.75) is 6.42 Å². The van der Waals surface area contributed by atoms with Crippen molar-refractivity contribution >= 4 is 11.9 Å². The molecule has 104 valence electrons. The lowest BCUT2D eigenvalue weighted by Gasteiger charge is -2.15. The van der Waals surface area contributed by atoms with Gasteiger partial charge in [-0.15, -0.1) is 0 Å². The van der Waals surface area contributed by atoms with Crippen LogP contribution >= 0.6 is 0 Å². The Morgan fingerprint density at radius 2 is 1.90 bits per heavy atom. The van der Waals surface area contributed by atoms with E-state index >= 15 is 0 Å². The van der Waals surface area contributed by atoms with Crippen LogP contribution in [0.25, 0.3) is 0 Å². The summed E-state index contributed by atoms with van der Waals surface area (Å²) in [5, 5.41) is 9.94. The Hall–Kier alpha value is -1.81. The Balaban J connectivity index is 0.00000147. The van der Waals surface area contributed by atoms with Crippen LogP contribution in [-0.4, -0.2) is 29.6 Å². The molecule has 0 amide bonds. The Morgan fingerprint density at radius 3 is 2.65 bits per heavy atom. The highest BCUT2D eigenvalue weighted by Gasteiger charge is 2.22. The Bertz CT molecular complexity index is 653. The van der Waals surface area contributed by atoms with E-state index in [1.54, 1.807) is 13.2 Å². The number of fused-ring (bicyclic) bond motifs is 1. The van der Waals surface area contributed by atoms with Gasteiger partial charge in [0.25, 0.3) is 0 Å². The first-order chi connectivity index (χ1) is 9.29. The summed E-state index contributed by atoms with van der Waals surface area (Å²) in [5.41, 5.74) is 3.21. The minimum atomic E-state index is 0. The van der Waals surface area contributed by atoms with Crippen LogP contribution in [0.1, 0.15) is 11.1 Å². The molecule has 1 heterocycles. The monoisotopic (exact) mass is 333 g/mol. The SMILES string of the molecule is COc1cccc2c1C=[N+](c1ccccc1O)CC2.[Br-]. The summed E-state index contributed by atoms with van der Waals surface area (Å²) >= 11 is 0. The molecule has 0 saturated carbocycles. The maximum absolute atomic E-state index is 9.94. The minimum Gasteiger partial charge on any atom is -1.00 e. The summed E-state index contributed by atoms with van der Waals surface area (Å²) in [6.07, 6.45) is 2.99. The minimum absolute atomic E-state index is 0. The topological polar surface area (TPSA) is 32.5 Å². The molecule has 0 radical (unpaired) electrons. The molecular weight excluding hydrogens is 318 g/mol. The third kappa shape index (κ3) is 2.56. The number of hydrogen-bond donors (Lipinski definition) is 1. The lowest BCUT2D eigenvalue weighted by Crippen LogP contribution is -3.00. The summed E-state index contributed by atoms with van der Waals surface area (Å²) in [5.74, 6) is 1.18. The predicted octanol–water partition coefficient (Wildman–Crippen LogP) is -0.276. The second-order valence-corrected chi connectivity index (χ2v) is 4.59. The number of nitrogens with zero attached hydrogens (tertiary/aromatic N) is 1. The molecular formula is C16H16BrNO2. The van der Waals surface area contributed by atoms with Crippen molar-refractivity contribution in [3.8, 4) is 11.5 Å². The van der Waals surface area contributed by atoms with Crippen LogP contribution in [0.5, 0.6) is 11.5 Å². The molecule has 2 aromatic rings. The Kier molecular flexibility index (Phi) is 4.45. The van der Waals surface area contributed by atoms with Gasteiger partial charge in [-0.2, -0.15) is 4.58 Å². The fraction of sp³-hybridized carbons (Fsp3) is 0.188. The van der Waals surface area contributed by atoms with Gasteiger partial charge in [0.1, 0.15) is 5.75 Å². The van der Waals surface area contributed by atoms with Crippen LogP contribution in [0.4, 0.5) is 5.69 Å². The van der Waals surface area contributed by atoms with Gasteiger partial charge >= 0.3 is 0 Å². The van der Waals surface area contributed by atoms with Crippen molar-refractivity contribution < 1.29 is 31.4 Å². The normalized spacial score (nSPS) is 12.9. The number of hydrogen-bond acceptors (Lipinski definition) is 2. The van der Waals surface area contributed by atoms with Crippen molar-refractivity contribution in [3.63, 3.8) is 0 Å². The van der Waals surface area contributed by atoms with Gasteiger partial charge in [-0.3, -0.25) is 0 Å². The van der Waals surface area contributed by atoms with Crippen LogP contribution in [0.3, 0.4) is 0 Å². The van der Waals surface area contributed by atoms with Crippen LogP contribution in [0.15, 0.2) is 42.5 Å². The highest BCUT2D eigenvalue weighted by Crippen LogP contribution is 2.29. The summed E-state index contributed by atoms with van der Waals surface area (Å²) in [7, 11) is 1.68. The van der Waals surface area contributed by atoms with Crippen LogP contribution in [-0.2, 0) is 6.42 Å². The van der Waals surface area contributed by atoms with E-state index in [-0.39, 0.29) is 17.0 Å². The zero-order valence-electron chi connectivity index (χ0n) is 11.2. The number of phenolic OH excluding ortho intramolecular Hbond substituents is 1. The van der Waals surface area contributed by atoms with Gasteiger partial charge < -0.3 is 26.8 Å². The second-order valence-electron chi connectivity index (χ2n) is 4.59. The van der Waals surface area contributed by atoms with E-state index in [4.69, 9.17) is 4.74 Å². The molecule has 20 heavy (non-hydrogen) atoms. The quantitative estimate of drug-likeness (QED) is 0.767. The second kappa shape index (κ2) is 6.09. The smallest absolute Gasteiger partial charge is 0.247 e. The number of para-hydroxylation sites is 2. The molecule has 0 aromatic heterocycles. The zero-order valence-corrected chi connectivity index (χ0v) is 12.8. The molecule has 0 atom stereocenters. The molecule has 0 aliphatic carbocycles. The number of halogens is 1. The molecule has 3 rings (SSSR count). The molecule has 1 aliphatic rings. The van der Waals surface area contributed by atoms with Crippen LogP contribution in [0.2, 0.25) is 0 Å². The van der Waals surface area contributed by atoms with Gasteiger partial charge in [0.05, 0.1) is 12.7 Å². The first-order valence-corrected chi connectivity index (χ1v) is 6.35. The van der Waals surface area contributed by atoms with Gasteiger partial charge in [-0.05, 0) is 17.7 Å². The number of ether oxygens (including phenoxy) is 1. The number of aromatic hydroxyl groups is 1. The molecule has 4 heteroatoms. The number of phenols is 1. The molecule has 2 aromatic carbocycles. The van der Waals surface area contributed by atoms with Crippen LogP contribution < -0.4 is 21.7 Å². The van der Waals surface area contributed by atoms with Crippen molar-refractivity contribution in [2.24, 2.45) is 0 Å². The summed E-state index contributed by atoms with van der Waals surface area (Å²) in [6.45, 7) is 0.859. The highest BCUT2D eigenvalue weighted by molar-refractivity contribution is 5.84. The standard InChI is InChI=1S/C16H15NO2.BrH/c1-19-16-8-4-5-12-9-10-17(11-13(12)16)14-6-2-3-7-15(14)18;/h2-8,11H,9-10H2,1H3;1H. The van der Waals surface area contributed by atoms with Gasteiger partial charge in [-0.25, -0.2) is 0 Å². The maximum Gasteiger partial charge on any atom is 0.247 e. The Morgan fingerprint density at radius 1 is 1.10 bits per heavy atom. The molecule has 0 fully saturated rings. The van der Waals surface area contributed by atoms with Gasteiger partial charge in [-0.1, -0.05) is 24.3 Å². The van der Waals surface area contributed by atoms with Gasteiger partial charge in [0, 0.05) is 12.5 Å². The van der Waals surface area contributed by atoms with E-state index < -0.39 is 0 Å². The van der Waals surface area contributed by atoms with E-state index in [0.29, 0.717) is 5.75 Å². The summed E-state index contributed by atoms with van der Waals surface area (Å²) in [4.78, 5) is 0. The molecule has 3 nitrogen and oxygen atoms in total. The molecule has 1 aliphatic heterocycles. The summed E-state index contributed by atoms with van der Waals surface area (Å²) < 4.78 is 7.48. The summed E-state index contributed by atoms with van der Waals surface area (Å²) in [6, 6.07) is 13.5. The molecule has 0 unspecified atom stereocenters. The van der Waals surface area contributed by atoms with E-state index in [2.05, 4.69) is 10.6 Å². The third-order valence-corrected chi connectivity index (χ3v) is 3.47. The first-order valence-electron chi connectivity index (χ1n) is 6.35. The van der Waals surface area contributed by atoms with Crippen molar-refractivity contribution in [3.05, 3.63) is 53.6 Å². The van der Waals surface area contributed by atoms with Gasteiger partial charge in [0.15, 0.2) is 18.5 Å². The number of rotatable bonds is 2. The van der Waals surface area contributed by atoms with Gasteiger partial charge in [0.2, 0.25) is 5.69 Å². The van der Waals surface area contributed by atoms with E-state index in [1.807, 2.05) is 36.5 Å². The first kappa shape index (κ1) is 14.6. The molecule has 1 N–H and O–H groups in total. The number of benzene rings is 2. The number of methoxy groups -OCH3 is 1. The molecule has 0 spiro atoms. The van der Waals surface area contributed by atoms with Crippen LogP contribution in [0, 0.1) is 0 Å². The van der Waals surface area contributed by atoms with E-state index in [9.17, 15) is 5.11 Å². The Labute approximate surface area is 128 Å². The third-order valence-electron chi connectivity index (χ3n) is 3.47. The highest BCUT2D eigenvalue weighted by atomic mass is 79.9. The molecule has 0 saturated heterocycles. The zero-order chi connectivity index (χ0) is 13.2.